The number of hydrogen-bond donors (Lipinski definition) is 2. The number of benzene rings is 1. The summed E-state index contributed by atoms with van der Waals surface area (Å²) in [6.07, 6.45) is 3.26. The predicted molar refractivity (Wildman–Crippen MR) is 115 cm³/mol. The fraction of sp³-hybridized carbons (Fsp3) is 0.412. The summed E-state index contributed by atoms with van der Waals surface area (Å²) in [6, 6.07) is 7.83. The first-order valence-electron chi connectivity index (χ1n) is 7.78. The second kappa shape index (κ2) is 11.7. The van der Waals surface area contributed by atoms with E-state index in [0.29, 0.717) is 6.54 Å². The number of thiazole rings is 1. The first kappa shape index (κ1) is 21.2. The highest BCUT2D eigenvalue weighted by molar-refractivity contribution is 14.0. The van der Waals surface area contributed by atoms with E-state index in [0.717, 1.165) is 48.0 Å². The molecule has 2 aromatic rings. The van der Waals surface area contributed by atoms with Crippen LogP contribution in [0.3, 0.4) is 0 Å². The van der Waals surface area contributed by atoms with Gasteiger partial charge in [-0.05, 0) is 37.8 Å². The minimum absolute atomic E-state index is 0. The summed E-state index contributed by atoms with van der Waals surface area (Å²) < 4.78 is 0. The Labute approximate surface area is 170 Å². The Bertz CT molecular complexity index is 645. The zero-order valence-corrected chi connectivity index (χ0v) is 17.9. The van der Waals surface area contributed by atoms with Crippen LogP contribution in [0.1, 0.15) is 29.1 Å². The molecule has 0 fully saturated rings. The minimum Gasteiger partial charge on any atom is -0.356 e. The van der Waals surface area contributed by atoms with Gasteiger partial charge >= 0.3 is 0 Å². The summed E-state index contributed by atoms with van der Waals surface area (Å²) in [5, 5.41) is 10.7. The maximum absolute atomic E-state index is 6.15. The van der Waals surface area contributed by atoms with E-state index in [4.69, 9.17) is 11.6 Å². The molecule has 0 radical (unpaired) electrons. The van der Waals surface area contributed by atoms with Crippen molar-refractivity contribution in [1.29, 1.82) is 0 Å². The fourth-order valence-electron chi connectivity index (χ4n) is 2.17. The lowest BCUT2D eigenvalue weighted by Gasteiger charge is -2.12. The predicted octanol–water partition coefficient (Wildman–Crippen LogP) is 4.41. The van der Waals surface area contributed by atoms with Crippen LogP contribution in [0, 0.1) is 6.92 Å². The van der Waals surface area contributed by atoms with Crippen molar-refractivity contribution in [2.24, 2.45) is 4.99 Å². The molecule has 0 saturated carbocycles. The largest absolute Gasteiger partial charge is 0.356 e. The standard InChI is InChI=1S/C17H23ClN4S.HI/c1-13-12-23-16(22-13)9-5-6-10-20-17(19-2)21-11-14-7-3-4-8-15(14)18;/h3-4,7-8,12H,5-6,9-11H2,1-2H3,(H2,19,20,21);1H. The van der Waals surface area contributed by atoms with E-state index in [9.17, 15) is 0 Å². The smallest absolute Gasteiger partial charge is 0.191 e. The highest BCUT2D eigenvalue weighted by Gasteiger charge is 2.02. The minimum atomic E-state index is 0. The van der Waals surface area contributed by atoms with Gasteiger partial charge in [0.15, 0.2) is 5.96 Å². The average molecular weight is 479 g/mol. The Morgan fingerprint density at radius 2 is 2.04 bits per heavy atom. The molecule has 0 unspecified atom stereocenters. The van der Waals surface area contributed by atoms with Gasteiger partial charge in [-0.1, -0.05) is 29.8 Å². The van der Waals surface area contributed by atoms with Crippen molar-refractivity contribution < 1.29 is 0 Å². The van der Waals surface area contributed by atoms with E-state index in [1.165, 1.54) is 5.01 Å². The molecule has 0 bridgehead atoms. The van der Waals surface area contributed by atoms with Gasteiger partial charge in [-0.2, -0.15) is 0 Å². The molecule has 2 rings (SSSR count). The van der Waals surface area contributed by atoms with Gasteiger partial charge in [0.2, 0.25) is 0 Å². The number of rotatable bonds is 7. The maximum atomic E-state index is 6.15. The summed E-state index contributed by atoms with van der Waals surface area (Å²) in [5.74, 6) is 0.801. The summed E-state index contributed by atoms with van der Waals surface area (Å²) >= 11 is 7.90. The van der Waals surface area contributed by atoms with Gasteiger partial charge in [0.05, 0.1) is 5.01 Å². The number of guanidine groups is 1. The number of nitrogens with one attached hydrogen (secondary N) is 2. The molecule has 0 saturated heterocycles. The van der Waals surface area contributed by atoms with Crippen LogP contribution in [0.5, 0.6) is 0 Å². The monoisotopic (exact) mass is 478 g/mol. The van der Waals surface area contributed by atoms with Crippen molar-refractivity contribution in [2.45, 2.75) is 32.7 Å². The van der Waals surface area contributed by atoms with Crippen molar-refractivity contribution in [3.63, 3.8) is 0 Å². The van der Waals surface area contributed by atoms with Gasteiger partial charge in [0.25, 0.3) is 0 Å². The summed E-state index contributed by atoms with van der Waals surface area (Å²) in [7, 11) is 1.78. The zero-order valence-electron chi connectivity index (χ0n) is 14.0. The topological polar surface area (TPSA) is 49.3 Å². The van der Waals surface area contributed by atoms with Crippen molar-refractivity contribution in [2.75, 3.05) is 13.6 Å². The molecule has 4 nitrogen and oxygen atoms in total. The molecule has 24 heavy (non-hydrogen) atoms. The number of nitrogens with zero attached hydrogens (tertiary/aromatic N) is 2. The highest BCUT2D eigenvalue weighted by atomic mass is 127. The Balaban J connectivity index is 0.00000288. The molecule has 7 heteroatoms. The lowest BCUT2D eigenvalue weighted by molar-refractivity contribution is 0.692. The molecule has 0 aliphatic heterocycles. The van der Waals surface area contributed by atoms with Crippen LogP contribution >= 0.6 is 46.9 Å². The third-order valence-corrected chi connectivity index (χ3v) is 4.80. The number of halogens is 2. The lowest BCUT2D eigenvalue weighted by atomic mass is 10.2. The third kappa shape index (κ3) is 7.36. The summed E-state index contributed by atoms with van der Waals surface area (Å²) in [4.78, 5) is 8.71. The molecule has 2 N–H and O–H groups in total. The van der Waals surface area contributed by atoms with Gasteiger partial charge < -0.3 is 10.6 Å². The van der Waals surface area contributed by atoms with E-state index >= 15 is 0 Å². The number of aryl methyl sites for hydroxylation is 2. The van der Waals surface area contributed by atoms with Crippen molar-refractivity contribution in [3.05, 3.63) is 50.9 Å². The van der Waals surface area contributed by atoms with Crippen LogP contribution in [-0.2, 0) is 13.0 Å². The van der Waals surface area contributed by atoms with Crippen LogP contribution in [0.2, 0.25) is 5.02 Å². The van der Waals surface area contributed by atoms with E-state index in [1.54, 1.807) is 18.4 Å². The number of aliphatic imine (C=N–C) groups is 1. The van der Waals surface area contributed by atoms with Gasteiger partial charge in [-0.15, -0.1) is 35.3 Å². The van der Waals surface area contributed by atoms with Crippen LogP contribution in [-0.4, -0.2) is 24.5 Å². The molecule has 0 aliphatic rings. The van der Waals surface area contributed by atoms with Gasteiger partial charge in [0, 0.05) is 36.2 Å². The first-order chi connectivity index (χ1) is 11.2. The molecule has 0 atom stereocenters. The molecule has 132 valence electrons. The third-order valence-electron chi connectivity index (χ3n) is 3.40. The molecule has 1 heterocycles. The lowest BCUT2D eigenvalue weighted by Crippen LogP contribution is -2.37. The Hall–Kier alpha value is -0.860. The number of hydrogen-bond acceptors (Lipinski definition) is 3. The molecule has 0 aliphatic carbocycles. The molecular weight excluding hydrogens is 455 g/mol. The van der Waals surface area contributed by atoms with E-state index in [1.807, 2.05) is 31.2 Å². The second-order valence-electron chi connectivity index (χ2n) is 5.28. The van der Waals surface area contributed by atoms with Crippen LogP contribution < -0.4 is 10.6 Å². The SMILES string of the molecule is CN=C(NCCCCc1nc(C)cs1)NCc1ccccc1Cl.I. The van der Waals surface area contributed by atoms with Crippen molar-refractivity contribution in [3.8, 4) is 0 Å². The van der Waals surface area contributed by atoms with Crippen LogP contribution in [0.15, 0.2) is 34.6 Å². The van der Waals surface area contributed by atoms with Crippen molar-refractivity contribution in [1.82, 2.24) is 15.6 Å². The fourth-order valence-corrected chi connectivity index (χ4v) is 3.19. The van der Waals surface area contributed by atoms with Gasteiger partial charge in [-0.25, -0.2) is 4.98 Å². The van der Waals surface area contributed by atoms with Crippen LogP contribution in [0.4, 0.5) is 0 Å². The van der Waals surface area contributed by atoms with E-state index < -0.39 is 0 Å². The summed E-state index contributed by atoms with van der Waals surface area (Å²) in [5.41, 5.74) is 2.18. The maximum Gasteiger partial charge on any atom is 0.191 e. The average Bonchev–Trinajstić information content (AvgIpc) is 2.97. The Morgan fingerprint density at radius 3 is 2.71 bits per heavy atom. The Morgan fingerprint density at radius 1 is 1.25 bits per heavy atom. The molecule has 0 amide bonds. The van der Waals surface area contributed by atoms with Crippen molar-refractivity contribution >= 4 is 52.9 Å². The second-order valence-corrected chi connectivity index (χ2v) is 6.63. The number of aromatic nitrogens is 1. The molecule has 1 aromatic carbocycles. The zero-order chi connectivity index (χ0) is 16.5. The first-order valence-corrected chi connectivity index (χ1v) is 9.03. The van der Waals surface area contributed by atoms with E-state index in [-0.39, 0.29) is 24.0 Å². The summed E-state index contributed by atoms with van der Waals surface area (Å²) in [6.45, 7) is 3.60. The number of unbranched alkanes of at least 4 members (excludes halogenated alkanes) is 1. The molecule has 0 spiro atoms. The quantitative estimate of drug-likeness (QED) is 0.268. The van der Waals surface area contributed by atoms with Gasteiger partial charge in [-0.3, -0.25) is 4.99 Å². The van der Waals surface area contributed by atoms with Gasteiger partial charge in [0.1, 0.15) is 0 Å². The Kier molecular flexibility index (Phi) is 10.3. The highest BCUT2D eigenvalue weighted by Crippen LogP contribution is 2.14. The molecule has 1 aromatic heterocycles. The molecular formula is C17H24ClIN4S. The normalized spacial score (nSPS) is 11.0. The van der Waals surface area contributed by atoms with Crippen LogP contribution in [0.25, 0.3) is 0 Å². The van der Waals surface area contributed by atoms with E-state index in [2.05, 4.69) is 26.0 Å².